The molecule has 2 heterocycles. The van der Waals surface area contributed by atoms with Crippen molar-refractivity contribution in [2.75, 3.05) is 20.3 Å². The summed E-state index contributed by atoms with van der Waals surface area (Å²) in [5, 5.41) is 7.84. The van der Waals surface area contributed by atoms with Gasteiger partial charge in [0.25, 0.3) is 5.91 Å². The summed E-state index contributed by atoms with van der Waals surface area (Å²) in [4.78, 5) is 13.0. The van der Waals surface area contributed by atoms with E-state index in [1.165, 1.54) is 0 Å². The van der Waals surface area contributed by atoms with E-state index in [1.807, 2.05) is 28.9 Å². The molecule has 1 fully saturated rings. The van der Waals surface area contributed by atoms with Gasteiger partial charge in [-0.25, -0.2) is 4.68 Å². The minimum absolute atomic E-state index is 0.0504. The molecule has 1 N–H and O–H groups in total. The summed E-state index contributed by atoms with van der Waals surface area (Å²) in [5.41, 5.74) is 3.44. The van der Waals surface area contributed by atoms with Crippen LogP contribution in [-0.4, -0.2) is 42.1 Å². The maximum Gasteiger partial charge on any atom is 0.255 e. The number of hydrogen-bond donors (Lipinski definition) is 1. The van der Waals surface area contributed by atoms with Crippen LogP contribution in [0.4, 0.5) is 0 Å². The number of rotatable bonds is 8. The summed E-state index contributed by atoms with van der Waals surface area (Å²) in [6.45, 7) is 5.51. The highest BCUT2D eigenvalue weighted by molar-refractivity contribution is 5.96. The van der Waals surface area contributed by atoms with Crippen LogP contribution < -0.4 is 10.1 Å². The van der Waals surface area contributed by atoms with Crippen molar-refractivity contribution in [2.45, 2.75) is 52.1 Å². The Morgan fingerprint density at radius 2 is 2.11 bits per heavy atom. The standard InChI is InChI=1S/C21H29N3O3/c1-4-7-18-20(21(25)22-14-17-8-6-13-27-17)19(5-2)24(23-18)15-9-11-16(26-3)12-10-15/h9-12,17H,4-8,13-14H2,1-3H3,(H,22,25)/t17-/m0/s1. The quantitative estimate of drug-likeness (QED) is 0.773. The lowest BCUT2D eigenvalue weighted by atomic mass is 10.1. The lowest BCUT2D eigenvalue weighted by Gasteiger charge is -2.12. The van der Waals surface area contributed by atoms with Crippen molar-refractivity contribution in [1.29, 1.82) is 0 Å². The van der Waals surface area contributed by atoms with E-state index < -0.39 is 0 Å². The highest BCUT2D eigenvalue weighted by Gasteiger charge is 2.24. The van der Waals surface area contributed by atoms with Crippen molar-refractivity contribution in [3.63, 3.8) is 0 Å². The second-order valence-electron chi connectivity index (χ2n) is 6.83. The first-order valence-electron chi connectivity index (χ1n) is 9.82. The Labute approximate surface area is 160 Å². The topological polar surface area (TPSA) is 65.4 Å². The van der Waals surface area contributed by atoms with Crippen LogP contribution in [0.3, 0.4) is 0 Å². The van der Waals surface area contributed by atoms with E-state index in [9.17, 15) is 4.79 Å². The average Bonchev–Trinajstić information content (AvgIpc) is 3.34. The van der Waals surface area contributed by atoms with Gasteiger partial charge in [0.2, 0.25) is 0 Å². The Morgan fingerprint density at radius 3 is 2.70 bits per heavy atom. The number of carbonyl (C=O) groups is 1. The molecule has 1 aliphatic rings. The van der Waals surface area contributed by atoms with Crippen LogP contribution >= 0.6 is 0 Å². The van der Waals surface area contributed by atoms with E-state index in [4.69, 9.17) is 14.6 Å². The van der Waals surface area contributed by atoms with Gasteiger partial charge in [-0.1, -0.05) is 20.3 Å². The lowest BCUT2D eigenvalue weighted by Crippen LogP contribution is -2.32. The predicted octanol–water partition coefficient (Wildman–Crippen LogP) is 3.30. The van der Waals surface area contributed by atoms with E-state index in [-0.39, 0.29) is 12.0 Å². The molecule has 1 aromatic heterocycles. The lowest BCUT2D eigenvalue weighted by molar-refractivity contribution is 0.0856. The number of hydrogen-bond acceptors (Lipinski definition) is 4. The maximum atomic E-state index is 13.0. The van der Waals surface area contributed by atoms with Gasteiger partial charge in [0.05, 0.1) is 35.9 Å². The maximum absolute atomic E-state index is 13.0. The molecule has 0 radical (unpaired) electrons. The van der Waals surface area contributed by atoms with Crippen LogP contribution in [0.25, 0.3) is 5.69 Å². The van der Waals surface area contributed by atoms with Gasteiger partial charge in [0.15, 0.2) is 0 Å². The Kier molecular flexibility index (Phi) is 6.50. The normalized spacial score (nSPS) is 16.5. The summed E-state index contributed by atoms with van der Waals surface area (Å²) < 4.78 is 12.8. The minimum Gasteiger partial charge on any atom is -0.497 e. The summed E-state index contributed by atoms with van der Waals surface area (Å²) >= 11 is 0. The number of carbonyl (C=O) groups excluding carboxylic acids is 1. The molecule has 0 spiro atoms. The Hall–Kier alpha value is -2.34. The van der Waals surface area contributed by atoms with Crippen molar-refractivity contribution in [1.82, 2.24) is 15.1 Å². The van der Waals surface area contributed by atoms with E-state index in [2.05, 4.69) is 19.2 Å². The molecule has 1 aliphatic heterocycles. The van der Waals surface area contributed by atoms with Crippen LogP contribution in [-0.2, 0) is 17.6 Å². The molecule has 6 heteroatoms. The first kappa shape index (κ1) is 19.4. The molecular formula is C21H29N3O3. The van der Waals surface area contributed by atoms with E-state index in [0.29, 0.717) is 12.1 Å². The van der Waals surface area contributed by atoms with Gasteiger partial charge >= 0.3 is 0 Å². The molecule has 0 aliphatic carbocycles. The molecule has 0 bridgehead atoms. The smallest absolute Gasteiger partial charge is 0.255 e. The molecule has 2 aromatic rings. The third kappa shape index (κ3) is 4.33. The van der Waals surface area contributed by atoms with Crippen LogP contribution in [0.1, 0.15) is 54.9 Å². The average molecular weight is 371 g/mol. The van der Waals surface area contributed by atoms with Gasteiger partial charge in [0.1, 0.15) is 5.75 Å². The van der Waals surface area contributed by atoms with Crippen LogP contribution in [0.5, 0.6) is 5.75 Å². The van der Waals surface area contributed by atoms with Crippen molar-refractivity contribution in [3.05, 3.63) is 41.2 Å². The second kappa shape index (κ2) is 9.04. The second-order valence-corrected chi connectivity index (χ2v) is 6.83. The van der Waals surface area contributed by atoms with Crippen LogP contribution in [0, 0.1) is 0 Å². The Balaban J connectivity index is 1.90. The largest absolute Gasteiger partial charge is 0.497 e. The van der Waals surface area contributed by atoms with Crippen molar-refractivity contribution in [3.8, 4) is 11.4 Å². The summed E-state index contributed by atoms with van der Waals surface area (Å²) in [6, 6.07) is 7.75. The molecule has 1 amide bonds. The van der Waals surface area contributed by atoms with Gasteiger partial charge in [0, 0.05) is 13.2 Å². The third-order valence-electron chi connectivity index (χ3n) is 4.93. The van der Waals surface area contributed by atoms with Gasteiger partial charge in [-0.3, -0.25) is 4.79 Å². The summed E-state index contributed by atoms with van der Waals surface area (Å²) in [6.07, 6.45) is 4.65. The number of ether oxygens (including phenoxy) is 2. The van der Waals surface area contributed by atoms with Gasteiger partial charge in [-0.2, -0.15) is 5.10 Å². The SMILES string of the molecule is CCCc1nn(-c2ccc(OC)cc2)c(CC)c1C(=O)NC[C@@H]1CCCO1. The van der Waals surface area contributed by atoms with Gasteiger partial charge in [-0.15, -0.1) is 0 Å². The van der Waals surface area contributed by atoms with Crippen molar-refractivity contribution in [2.24, 2.45) is 0 Å². The number of nitrogens with one attached hydrogen (secondary N) is 1. The fourth-order valence-electron chi connectivity index (χ4n) is 3.54. The Bertz CT molecular complexity index is 762. The highest BCUT2D eigenvalue weighted by Crippen LogP contribution is 2.23. The first-order chi connectivity index (χ1) is 13.2. The summed E-state index contributed by atoms with van der Waals surface area (Å²) in [7, 11) is 1.65. The fourth-order valence-corrected chi connectivity index (χ4v) is 3.54. The molecule has 1 atom stereocenters. The molecule has 6 nitrogen and oxygen atoms in total. The first-order valence-corrected chi connectivity index (χ1v) is 9.82. The van der Waals surface area contributed by atoms with Gasteiger partial charge < -0.3 is 14.8 Å². The van der Waals surface area contributed by atoms with Crippen molar-refractivity contribution < 1.29 is 14.3 Å². The van der Waals surface area contributed by atoms with E-state index in [1.54, 1.807) is 7.11 Å². The van der Waals surface area contributed by atoms with Crippen LogP contribution in [0.15, 0.2) is 24.3 Å². The molecule has 3 rings (SSSR count). The number of methoxy groups -OCH3 is 1. The number of aryl methyl sites for hydroxylation is 1. The number of aromatic nitrogens is 2. The monoisotopic (exact) mass is 371 g/mol. The Morgan fingerprint density at radius 1 is 1.33 bits per heavy atom. The highest BCUT2D eigenvalue weighted by atomic mass is 16.5. The molecule has 27 heavy (non-hydrogen) atoms. The predicted molar refractivity (Wildman–Crippen MR) is 105 cm³/mol. The van der Waals surface area contributed by atoms with E-state index >= 15 is 0 Å². The molecule has 1 saturated heterocycles. The third-order valence-corrected chi connectivity index (χ3v) is 4.93. The zero-order valence-electron chi connectivity index (χ0n) is 16.5. The van der Waals surface area contributed by atoms with Crippen LogP contribution in [0.2, 0.25) is 0 Å². The van der Waals surface area contributed by atoms with Gasteiger partial charge in [-0.05, 0) is 49.9 Å². The molecule has 146 valence electrons. The molecule has 1 aromatic carbocycles. The van der Waals surface area contributed by atoms with Crippen molar-refractivity contribution >= 4 is 5.91 Å². The summed E-state index contributed by atoms with van der Waals surface area (Å²) in [5.74, 6) is 0.748. The number of nitrogens with zero attached hydrogens (tertiary/aromatic N) is 2. The zero-order valence-corrected chi connectivity index (χ0v) is 16.5. The van der Waals surface area contributed by atoms with E-state index in [0.717, 1.165) is 61.5 Å². The number of benzene rings is 1. The number of amides is 1. The fraction of sp³-hybridized carbons (Fsp3) is 0.524. The molecule has 0 unspecified atom stereocenters. The minimum atomic E-state index is -0.0504. The molecule has 0 saturated carbocycles. The zero-order chi connectivity index (χ0) is 19.2. The molecular weight excluding hydrogens is 342 g/mol.